The van der Waals surface area contributed by atoms with E-state index in [4.69, 9.17) is 11.6 Å². The van der Waals surface area contributed by atoms with E-state index in [-0.39, 0.29) is 0 Å². The van der Waals surface area contributed by atoms with Gasteiger partial charge < -0.3 is 10.6 Å². The molecule has 20 heavy (non-hydrogen) atoms. The van der Waals surface area contributed by atoms with Gasteiger partial charge in [0.25, 0.3) is 0 Å². The zero-order valence-corrected chi connectivity index (χ0v) is 13.9. The molecule has 1 aromatic carbocycles. The maximum Gasteiger partial charge on any atom is 0.139 e. The van der Waals surface area contributed by atoms with Gasteiger partial charge in [-0.2, -0.15) is 0 Å². The molecule has 0 aliphatic heterocycles. The Bertz CT molecular complexity index is 616. The van der Waals surface area contributed by atoms with Gasteiger partial charge in [0.05, 0.1) is 15.2 Å². The van der Waals surface area contributed by atoms with E-state index in [0.29, 0.717) is 10.9 Å². The Hall–Kier alpha value is -1.33. The van der Waals surface area contributed by atoms with Crippen LogP contribution in [0.4, 0.5) is 17.3 Å². The van der Waals surface area contributed by atoms with Crippen molar-refractivity contribution in [3.8, 4) is 0 Å². The van der Waals surface area contributed by atoms with E-state index < -0.39 is 0 Å². The summed E-state index contributed by atoms with van der Waals surface area (Å²) in [6, 6.07) is 5.67. The van der Waals surface area contributed by atoms with Gasteiger partial charge in [0.15, 0.2) is 0 Å². The molecule has 0 radical (unpaired) electrons. The second-order valence-corrected chi connectivity index (χ2v) is 5.82. The van der Waals surface area contributed by atoms with E-state index >= 15 is 0 Å². The highest BCUT2D eigenvalue weighted by Gasteiger charge is 2.15. The minimum Gasteiger partial charge on any atom is -0.373 e. The first-order valence-corrected chi connectivity index (χ1v) is 7.45. The molecule has 0 fully saturated rings. The van der Waals surface area contributed by atoms with Gasteiger partial charge in [-0.25, -0.2) is 9.97 Å². The van der Waals surface area contributed by atoms with E-state index in [9.17, 15) is 0 Å². The fourth-order valence-corrected chi connectivity index (χ4v) is 2.51. The fourth-order valence-electron chi connectivity index (χ4n) is 1.97. The number of benzene rings is 1. The maximum absolute atomic E-state index is 6.11. The number of halogens is 2. The first-order valence-electron chi connectivity index (χ1n) is 6.28. The van der Waals surface area contributed by atoms with Crippen LogP contribution < -0.4 is 10.6 Å². The van der Waals surface area contributed by atoms with Gasteiger partial charge in [0, 0.05) is 12.6 Å². The Morgan fingerprint density at radius 2 is 1.90 bits per heavy atom. The molecule has 2 aromatic rings. The minimum absolute atomic E-state index is 0.291. The molecule has 1 aromatic heterocycles. The molecule has 0 atom stereocenters. The summed E-state index contributed by atoms with van der Waals surface area (Å²) in [5, 5.41) is 7.07. The highest BCUT2D eigenvalue weighted by atomic mass is 79.9. The lowest BCUT2D eigenvalue weighted by atomic mass is 10.0. The highest BCUT2D eigenvalue weighted by Crippen LogP contribution is 2.35. The quantitative estimate of drug-likeness (QED) is 0.827. The van der Waals surface area contributed by atoms with Crippen LogP contribution in [0.15, 0.2) is 29.0 Å². The predicted molar refractivity (Wildman–Crippen MR) is 88.1 cm³/mol. The van der Waals surface area contributed by atoms with Crippen molar-refractivity contribution in [2.24, 2.45) is 0 Å². The average molecular weight is 356 g/mol. The number of hydrogen-bond acceptors (Lipinski definition) is 4. The van der Waals surface area contributed by atoms with Crippen molar-refractivity contribution in [1.29, 1.82) is 0 Å². The van der Waals surface area contributed by atoms with Crippen LogP contribution in [0.2, 0.25) is 5.02 Å². The van der Waals surface area contributed by atoms with Gasteiger partial charge in [-0.1, -0.05) is 31.5 Å². The first-order chi connectivity index (χ1) is 9.54. The van der Waals surface area contributed by atoms with E-state index in [0.717, 1.165) is 27.4 Å². The van der Waals surface area contributed by atoms with E-state index in [1.54, 1.807) is 6.33 Å². The van der Waals surface area contributed by atoms with Crippen molar-refractivity contribution in [1.82, 2.24) is 9.97 Å². The average Bonchev–Trinajstić information content (AvgIpc) is 2.43. The van der Waals surface area contributed by atoms with Crippen LogP contribution in [-0.2, 0) is 0 Å². The Kier molecular flexibility index (Phi) is 4.83. The molecule has 2 N–H and O–H groups in total. The third kappa shape index (κ3) is 3.04. The lowest BCUT2D eigenvalue weighted by Gasteiger charge is -2.17. The molecule has 6 heteroatoms. The summed E-state index contributed by atoms with van der Waals surface area (Å²) in [7, 11) is 1.85. The van der Waals surface area contributed by atoms with Gasteiger partial charge in [0.1, 0.15) is 18.0 Å². The highest BCUT2D eigenvalue weighted by molar-refractivity contribution is 9.10. The number of aromatic nitrogens is 2. The molecule has 0 aliphatic carbocycles. The van der Waals surface area contributed by atoms with E-state index in [2.05, 4.69) is 50.4 Å². The second-order valence-electron chi connectivity index (χ2n) is 4.62. The van der Waals surface area contributed by atoms with Crippen LogP contribution in [0.1, 0.15) is 25.3 Å². The van der Waals surface area contributed by atoms with Crippen LogP contribution in [0.5, 0.6) is 0 Å². The molecule has 0 unspecified atom stereocenters. The van der Waals surface area contributed by atoms with Gasteiger partial charge in [-0.15, -0.1) is 0 Å². The van der Waals surface area contributed by atoms with Crippen LogP contribution in [0.25, 0.3) is 0 Å². The zero-order valence-electron chi connectivity index (χ0n) is 11.5. The number of rotatable bonds is 4. The van der Waals surface area contributed by atoms with Crippen LogP contribution >= 0.6 is 27.5 Å². The molecular formula is C14H16BrClN4. The smallest absolute Gasteiger partial charge is 0.139 e. The Balaban J connectivity index is 2.46. The SMILES string of the molecule is CNc1ncnc(Nc2cccc(Cl)c2Br)c1C(C)C. The molecule has 0 saturated heterocycles. The predicted octanol–water partition coefficient (Wildman–Crippen LogP) is 4.80. The second kappa shape index (κ2) is 6.41. The van der Waals surface area contributed by atoms with Crippen molar-refractivity contribution in [2.45, 2.75) is 19.8 Å². The largest absolute Gasteiger partial charge is 0.373 e. The molecule has 2 rings (SSSR count). The van der Waals surface area contributed by atoms with Crippen LogP contribution in [-0.4, -0.2) is 17.0 Å². The zero-order chi connectivity index (χ0) is 14.7. The van der Waals surface area contributed by atoms with E-state index in [1.165, 1.54) is 0 Å². The van der Waals surface area contributed by atoms with E-state index in [1.807, 2.05) is 25.2 Å². The van der Waals surface area contributed by atoms with Gasteiger partial charge in [-0.05, 0) is 34.0 Å². The van der Waals surface area contributed by atoms with Crippen LogP contribution in [0.3, 0.4) is 0 Å². The minimum atomic E-state index is 0.291. The molecule has 4 nitrogen and oxygen atoms in total. The summed E-state index contributed by atoms with van der Waals surface area (Å²) in [6.45, 7) is 4.22. The molecule has 0 spiro atoms. The monoisotopic (exact) mass is 354 g/mol. The van der Waals surface area contributed by atoms with Gasteiger partial charge in [-0.3, -0.25) is 0 Å². The number of nitrogens with one attached hydrogen (secondary N) is 2. The fraction of sp³-hybridized carbons (Fsp3) is 0.286. The van der Waals surface area contributed by atoms with Gasteiger partial charge in [0.2, 0.25) is 0 Å². The lowest BCUT2D eigenvalue weighted by Crippen LogP contribution is -2.07. The summed E-state index contributed by atoms with van der Waals surface area (Å²) in [5.41, 5.74) is 1.92. The van der Waals surface area contributed by atoms with Crippen molar-refractivity contribution >= 4 is 44.9 Å². The Morgan fingerprint density at radius 1 is 1.20 bits per heavy atom. The summed E-state index contributed by atoms with van der Waals surface area (Å²) in [5.74, 6) is 1.90. The molecule has 0 aliphatic rings. The standard InChI is InChI=1S/C14H16BrClN4/c1-8(2)11-13(17-3)18-7-19-14(11)20-10-6-4-5-9(16)12(10)15/h4-8H,1-3H3,(H2,17,18,19,20). The third-order valence-corrected chi connectivity index (χ3v) is 4.30. The molecule has 0 saturated carbocycles. The molecule has 0 bridgehead atoms. The van der Waals surface area contributed by atoms with Crippen molar-refractivity contribution in [3.05, 3.63) is 39.6 Å². The first kappa shape index (κ1) is 15.1. The van der Waals surface area contributed by atoms with Crippen molar-refractivity contribution in [2.75, 3.05) is 17.7 Å². The molecule has 106 valence electrons. The topological polar surface area (TPSA) is 49.8 Å². The number of anilines is 3. The lowest BCUT2D eigenvalue weighted by molar-refractivity contribution is 0.852. The molecular weight excluding hydrogens is 340 g/mol. The normalized spacial score (nSPS) is 10.7. The Morgan fingerprint density at radius 3 is 2.55 bits per heavy atom. The summed E-state index contributed by atoms with van der Waals surface area (Å²) >= 11 is 9.59. The summed E-state index contributed by atoms with van der Waals surface area (Å²) in [4.78, 5) is 8.61. The number of nitrogens with zero attached hydrogens (tertiary/aromatic N) is 2. The van der Waals surface area contributed by atoms with Gasteiger partial charge >= 0.3 is 0 Å². The van der Waals surface area contributed by atoms with Crippen LogP contribution in [0, 0.1) is 0 Å². The van der Waals surface area contributed by atoms with Crippen molar-refractivity contribution < 1.29 is 0 Å². The van der Waals surface area contributed by atoms with Crippen molar-refractivity contribution in [3.63, 3.8) is 0 Å². The number of hydrogen-bond donors (Lipinski definition) is 2. The third-order valence-electron chi connectivity index (χ3n) is 2.90. The maximum atomic E-state index is 6.11. The Labute approximate surface area is 132 Å². The molecule has 1 heterocycles. The molecule has 0 amide bonds. The summed E-state index contributed by atoms with van der Waals surface area (Å²) < 4.78 is 0.820. The summed E-state index contributed by atoms with van der Waals surface area (Å²) in [6.07, 6.45) is 1.54.